The van der Waals surface area contributed by atoms with Gasteiger partial charge >= 0.3 is 11.9 Å². The maximum atomic E-state index is 12.2. The number of hydrogen-bond acceptors (Lipinski definition) is 3. The lowest BCUT2D eigenvalue weighted by molar-refractivity contribution is -0.134. The average Bonchev–Trinajstić information content (AvgIpc) is 2.99. The van der Waals surface area contributed by atoms with E-state index in [1.807, 2.05) is 42.5 Å². The molecule has 1 N–H and O–H groups in total. The van der Waals surface area contributed by atoms with Gasteiger partial charge in [0, 0.05) is 6.08 Å². The average molecular weight is 557 g/mol. The molecule has 4 aliphatic rings. The quantitative estimate of drug-likeness (QED) is 0.183. The maximum Gasteiger partial charge on any atom is 0.335 e. The maximum absolute atomic E-state index is 12.2. The van der Waals surface area contributed by atoms with E-state index >= 15 is 0 Å². The molecular formula is C38H36O4. The number of carboxylic acids is 1. The molecule has 0 unspecified atom stereocenters. The zero-order chi connectivity index (χ0) is 28.8. The molecule has 212 valence electrons. The second-order valence-electron chi connectivity index (χ2n) is 12.9. The van der Waals surface area contributed by atoms with E-state index in [-0.39, 0.29) is 11.4 Å². The Kier molecular flexibility index (Phi) is 6.73. The number of methoxy groups -OCH3 is 1. The topological polar surface area (TPSA) is 63.6 Å². The van der Waals surface area contributed by atoms with Crippen molar-refractivity contribution >= 4 is 28.8 Å². The number of aromatic carboxylic acids is 1. The van der Waals surface area contributed by atoms with Gasteiger partial charge in [0.15, 0.2) is 0 Å². The molecule has 0 spiro atoms. The van der Waals surface area contributed by atoms with Crippen molar-refractivity contribution < 1.29 is 19.4 Å². The van der Waals surface area contributed by atoms with Gasteiger partial charge in [0.1, 0.15) is 0 Å². The lowest BCUT2D eigenvalue weighted by Gasteiger charge is -2.57. The highest BCUT2D eigenvalue weighted by Crippen LogP contribution is 2.61. The van der Waals surface area contributed by atoms with Gasteiger partial charge in [-0.1, -0.05) is 60.7 Å². The Balaban J connectivity index is 1.32. The molecule has 0 aromatic heterocycles. The minimum Gasteiger partial charge on any atom is -0.478 e. The number of ether oxygens (including phenoxy) is 1. The Morgan fingerprint density at radius 3 is 2.19 bits per heavy atom. The molecule has 0 heterocycles. The summed E-state index contributed by atoms with van der Waals surface area (Å²) in [5.74, 6) is 1.19. The monoisotopic (exact) mass is 556 g/mol. The summed E-state index contributed by atoms with van der Waals surface area (Å²) in [5.41, 5.74) is 7.20. The first kappa shape index (κ1) is 26.7. The minimum absolute atomic E-state index is 0.163. The summed E-state index contributed by atoms with van der Waals surface area (Å²) in [6, 6.07) is 26.8. The number of carbonyl (C=O) groups excluding carboxylic acids is 1. The van der Waals surface area contributed by atoms with E-state index in [4.69, 9.17) is 4.74 Å². The SMILES string of the molecule is COC(=O)C=Cc1ccc(-c2ccc3c(Cc4ccccc4)c(C(=O)O)ccc3c2)cc1C12CC3CC(CC(C3)C1)C2. The van der Waals surface area contributed by atoms with Crippen LogP contribution in [-0.2, 0) is 21.4 Å². The van der Waals surface area contributed by atoms with Crippen LogP contribution in [0.3, 0.4) is 0 Å². The minimum atomic E-state index is -0.900. The summed E-state index contributed by atoms with van der Waals surface area (Å²) in [6.07, 6.45) is 11.9. The molecule has 4 aromatic rings. The van der Waals surface area contributed by atoms with Crippen LogP contribution in [0, 0.1) is 17.8 Å². The van der Waals surface area contributed by atoms with Crippen molar-refractivity contribution in [3.8, 4) is 11.1 Å². The van der Waals surface area contributed by atoms with Crippen molar-refractivity contribution in [2.24, 2.45) is 17.8 Å². The van der Waals surface area contributed by atoms with Crippen LogP contribution in [0.15, 0.2) is 84.9 Å². The first-order valence-corrected chi connectivity index (χ1v) is 15.1. The van der Waals surface area contributed by atoms with Crippen molar-refractivity contribution in [3.05, 3.63) is 113 Å². The Hall–Kier alpha value is -4.18. The van der Waals surface area contributed by atoms with Crippen LogP contribution in [0.25, 0.3) is 28.0 Å². The molecule has 0 aliphatic heterocycles. The summed E-state index contributed by atoms with van der Waals surface area (Å²) in [6.45, 7) is 0. The van der Waals surface area contributed by atoms with E-state index < -0.39 is 5.97 Å². The molecule has 0 saturated heterocycles. The van der Waals surface area contributed by atoms with Crippen molar-refractivity contribution in [2.75, 3.05) is 7.11 Å². The number of esters is 1. The fourth-order valence-electron chi connectivity index (χ4n) is 8.77. The number of fused-ring (bicyclic) bond motifs is 1. The highest BCUT2D eigenvalue weighted by Gasteiger charge is 2.52. The van der Waals surface area contributed by atoms with E-state index in [2.05, 4.69) is 36.4 Å². The zero-order valence-corrected chi connectivity index (χ0v) is 24.0. The number of rotatable bonds is 7. The summed E-state index contributed by atoms with van der Waals surface area (Å²) < 4.78 is 4.90. The Labute approximate surface area is 247 Å². The molecule has 8 rings (SSSR count). The second-order valence-corrected chi connectivity index (χ2v) is 12.9. The van der Waals surface area contributed by atoms with Gasteiger partial charge in [0.2, 0.25) is 0 Å². The first-order chi connectivity index (χ1) is 20.4. The summed E-state index contributed by atoms with van der Waals surface area (Å²) >= 11 is 0. The molecule has 4 heteroatoms. The molecular weight excluding hydrogens is 520 g/mol. The molecule has 4 fully saturated rings. The van der Waals surface area contributed by atoms with Gasteiger partial charge in [-0.3, -0.25) is 0 Å². The van der Waals surface area contributed by atoms with Gasteiger partial charge in [0.25, 0.3) is 0 Å². The largest absolute Gasteiger partial charge is 0.478 e. The lowest BCUT2D eigenvalue weighted by atomic mass is 9.47. The zero-order valence-electron chi connectivity index (χ0n) is 24.0. The van der Waals surface area contributed by atoms with Crippen LogP contribution >= 0.6 is 0 Å². The Morgan fingerprint density at radius 2 is 1.52 bits per heavy atom. The summed E-state index contributed by atoms with van der Waals surface area (Å²) in [7, 11) is 1.42. The molecule has 0 amide bonds. The second kappa shape index (κ2) is 10.6. The van der Waals surface area contributed by atoms with Crippen LogP contribution in [0.4, 0.5) is 0 Å². The summed E-state index contributed by atoms with van der Waals surface area (Å²) in [4.78, 5) is 24.2. The van der Waals surface area contributed by atoms with E-state index in [0.717, 1.165) is 56.3 Å². The normalized spacial score (nSPS) is 24.4. The van der Waals surface area contributed by atoms with Crippen LogP contribution in [0.2, 0.25) is 0 Å². The number of carboxylic acid groups (broad SMARTS) is 1. The predicted molar refractivity (Wildman–Crippen MR) is 166 cm³/mol. The first-order valence-electron chi connectivity index (χ1n) is 15.1. The summed E-state index contributed by atoms with van der Waals surface area (Å²) in [5, 5.41) is 12.0. The van der Waals surface area contributed by atoms with Gasteiger partial charge in [0.05, 0.1) is 12.7 Å². The molecule has 4 bridgehead atoms. The van der Waals surface area contributed by atoms with E-state index in [1.54, 1.807) is 12.1 Å². The van der Waals surface area contributed by atoms with E-state index in [9.17, 15) is 14.7 Å². The molecule has 4 aromatic carbocycles. The fourth-order valence-corrected chi connectivity index (χ4v) is 8.77. The van der Waals surface area contributed by atoms with Crippen molar-refractivity contribution in [1.29, 1.82) is 0 Å². The van der Waals surface area contributed by atoms with Crippen LogP contribution in [0.5, 0.6) is 0 Å². The highest BCUT2D eigenvalue weighted by molar-refractivity contribution is 5.99. The molecule has 4 saturated carbocycles. The van der Waals surface area contributed by atoms with Gasteiger partial charge in [-0.2, -0.15) is 0 Å². The van der Waals surface area contributed by atoms with Crippen LogP contribution < -0.4 is 0 Å². The molecule has 0 atom stereocenters. The third kappa shape index (κ3) is 4.83. The van der Waals surface area contributed by atoms with Gasteiger partial charge in [-0.05, 0) is 137 Å². The molecule has 4 nitrogen and oxygen atoms in total. The van der Waals surface area contributed by atoms with E-state index in [1.165, 1.54) is 51.2 Å². The van der Waals surface area contributed by atoms with Crippen LogP contribution in [0.1, 0.15) is 71.1 Å². The van der Waals surface area contributed by atoms with Crippen molar-refractivity contribution in [1.82, 2.24) is 0 Å². The van der Waals surface area contributed by atoms with Gasteiger partial charge in [-0.25, -0.2) is 9.59 Å². The third-order valence-corrected chi connectivity index (χ3v) is 10.2. The smallest absolute Gasteiger partial charge is 0.335 e. The van der Waals surface area contributed by atoms with Crippen LogP contribution in [-0.4, -0.2) is 24.2 Å². The molecule has 4 aliphatic carbocycles. The number of hydrogen-bond donors (Lipinski definition) is 1. The fraction of sp³-hybridized carbons (Fsp3) is 0.316. The number of benzene rings is 4. The van der Waals surface area contributed by atoms with Crippen molar-refractivity contribution in [3.63, 3.8) is 0 Å². The lowest BCUT2D eigenvalue weighted by Crippen LogP contribution is -2.48. The molecule has 42 heavy (non-hydrogen) atoms. The Bertz CT molecular complexity index is 1680. The standard InChI is InChI=1S/C38H36O4/c1-42-36(39)14-11-28-7-8-30(20-35(28)38-21-25-15-26(22-38)17-27(16-25)23-38)29-9-12-32-31(19-29)10-13-33(37(40)41)34(32)18-24-5-3-2-4-6-24/h2-14,19-20,25-27H,15-18,21-23H2,1H3,(H,40,41). The Morgan fingerprint density at radius 1 is 0.857 bits per heavy atom. The highest BCUT2D eigenvalue weighted by atomic mass is 16.5. The van der Waals surface area contributed by atoms with E-state index in [0.29, 0.717) is 12.0 Å². The van der Waals surface area contributed by atoms with Gasteiger partial charge < -0.3 is 9.84 Å². The molecule has 0 radical (unpaired) electrons. The predicted octanol–water partition coefficient (Wildman–Crippen LogP) is 8.45. The van der Waals surface area contributed by atoms with Crippen molar-refractivity contribution in [2.45, 2.75) is 50.4 Å². The third-order valence-electron chi connectivity index (χ3n) is 10.2. The van der Waals surface area contributed by atoms with Gasteiger partial charge in [-0.15, -0.1) is 0 Å². The number of carbonyl (C=O) groups is 2.